The molecule has 6 heteroatoms. The first-order chi connectivity index (χ1) is 8.75. The van der Waals surface area contributed by atoms with Crippen molar-refractivity contribution >= 4 is 11.4 Å². The molecule has 0 atom stereocenters. The number of anilines is 2. The van der Waals surface area contributed by atoms with E-state index in [0.717, 1.165) is 30.3 Å². The Morgan fingerprint density at radius 2 is 1.78 bits per heavy atom. The van der Waals surface area contributed by atoms with Gasteiger partial charge in [-0.25, -0.2) is 0 Å². The second-order valence-corrected chi connectivity index (χ2v) is 4.47. The topological polar surface area (TPSA) is 71.2 Å². The fourth-order valence-electron chi connectivity index (χ4n) is 2.36. The molecule has 3 rings (SSSR count). The van der Waals surface area contributed by atoms with Gasteiger partial charge in [0.2, 0.25) is 0 Å². The van der Waals surface area contributed by atoms with Crippen molar-refractivity contribution in [2.45, 2.75) is 0 Å². The molecule has 1 aromatic carbocycles. The maximum absolute atomic E-state index is 9.40. The summed E-state index contributed by atoms with van der Waals surface area (Å²) in [7, 11) is 0. The first-order valence-electron chi connectivity index (χ1n) is 6.12. The highest BCUT2D eigenvalue weighted by molar-refractivity contribution is 5.79. The lowest BCUT2D eigenvalue weighted by molar-refractivity contribution is -0.0936. The Morgan fingerprint density at radius 1 is 1.06 bits per heavy atom. The number of benzene rings is 1. The average Bonchev–Trinajstić information content (AvgIpc) is 2.40. The molecular weight excluding hydrogens is 234 g/mol. The predicted octanol–water partition coefficient (Wildman–Crippen LogP) is 0.551. The van der Waals surface area contributed by atoms with Crippen LogP contribution in [0.15, 0.2) is 12.1 Å². The van der Waals surface area contributed by atoms with Gasteiger partial charge in [0.25, 0.3) is 0 Å². The Labute approximate surface area is 105 Å². The quantitative estimate of drug-likeness (QED) is 0.710. The fourth-order valence-corrected chi connectivity index (χ4v) is 2.36. The summed E-state index contributed by atoms with van der Waals surface area (Å²) >= 11 is 0. The third kappa shape index (κ3) is 1.93. The minimum absolute atomic E-state index is 0.545. The summed E-state index contributed by atoms with van der Waals surface area (Å²) in [4.78, 5) is 2.13. The van der Waals surface area contributed by atoms with Gasteiger partial charge in [0.05, 0.1) is 5.69 Å². The van der Waals surface area contributed by atoms with E-state index in [-0.39, 0.29) is 0 Å². The van der Waals surface area contributed by atoms with Crippen molar-refractivity contribution in [3.63, 3.8) is 0 Å². The molecule has 0 aromatic heterocycles. The SMILES string of the molecule is Nc1ccc2c(c1N1CCN(O)CC1)OCCO2. The standard InChI is InChI=1S/C12H17N3O3/c13-9-1-2-10-12(18-8-7-17-10)11(9)14-3-5-15(16)6-4-14/h1-2,16H,3-8,13H2. The number of ether oxygens (including phenoxy) is 2. The van der Waals surface area contributed by atoms with Crippen LogP contribution in [0.4, 0.5) is 11.4 Å². The lowest BCUT2D eigenvalue weighted by Gasteiger charge is -2.35. The Kier molecular flexibility index (Phi) is 2.89. The highest BCUT2D eigenvalue weighted by atomic mass is 16.6. The van der Waals surface area contributed by atoms with E-state index in [1.54, 1.807) is 0 Å². The van der Waals surface area contributed by atoms with Gasteiger partial charge >= 0.3 is 0 Å². The van der Waals surface area contributed by atoms with Crippen LogP contribution in [-0.4, -0.2) is 49.7 Å². The first-order valence-corrected chi connectivity index (χ1v) is 6.12. The molecule has 0 radical (unpaired) electrons. The van der Waals surface area contributed by atoms with Crippen LogP contribution in [-0.2, 0) is 0 Å². The van der Waals surface area contributed by atoms with Crippen molar-refractivity contribution in [1.82, 2.24) is 5.06 Å². The molecule has 18 heavy (non-hydrogen) atoms. The molecule has 0 spiro atoms. The number of nitrogens with zero attached hydrogens (tertiary/aromatic N) is 2. The molecule has 2 aliphatic rings. The lowest BCUT2D eigenvalue weighted by Crippen LogP contribution is -2.45. The zero-order chi connectivity index (χ0) is 12.5. The monoisotopic (exact) mass is 251 g/mol. The summed E-state index contributed by atoms with van der Waals surface area (Å²) in [6.45, 7) is 3.76. The molecule has 0 aliphatic carbocycles. The van der Waals surface area contributed by atoms with Crippen molar-refractivity contribution in [3.05, 3.63) is 12.1 Å². The van der Waals surface area contributed by atoms with Crippen LogP contribution in [0.25, 0.3) is 0 Å². The van der Waals surface area contributed by atoms with Crippen LogP contribution in [0.5, 0.6) is 11.5 Å². The van der Waals surface area contributed by atoms with E-state index in [9.17, 15) is 5.21 Å². The maximum Gasteiger partial charge on any atom is 0.186 e. The molecule has 1 fully saturated rings. The molecule has 2 heterocycles. The van der Waals surface area contributed by atoms with E-state index < -0.39 is 0 Å². The Hall–Kier alpha value is -1.66. The van der Waals surface area contributed by atoms with Crippen LogP contribution in [0.1, 0.15) is 0 Å². The maximum atomic E-state index is 9.40. The molecule has 0 saturated carbocycles. The van der Waals surface area contributed by atoms with Gasteiger partial charge in [-0.3, -0.25) is 0 Å². The molecular formula is C12H17N3O3. The Bertz CT molecular complexity index is 444. The first kappa shape index (κ1) is 11.4. The number of rotatable bonds is 1. The summed E-state index contributed by atoms with van der Waals surface area (Å²) in [5.74, 6) is 1.48. The Balaban J connectivity index is 1.95. The Morgan fingerprint density at radius 3 is 2.56 bits per heavy atom. The molecule has 1 saturated heterocycles. The minimum atomic E-state index is 0.545. The summed E-state index contributed by atoms with van der Waals surface area (Å²) < 4.78 is 11.3. The van der Waals surface area contributed by atoms with Crippen LogP contribution < -0.4 is 20.1 Å². The summed E-state index contributed by atoms with van der Waals surface area (Å²) in [6.07, 6.45) is 0. The zero-order valence-corrected chi connectivity index (χ0v) is 10.1. The third-order valence-corrected chi connectivity index (χ3v) is 3.29. The molecule has 2 aliphatic heterocycles. The van der Waals surface area contributed by atoms with E-state index in [1.165, 1.54) is 5.06 Å². The normalized spacial score (nSPS) is 19.9. The van der Waals surface area contributed by atoms with Crippen molar-refractivity contribution in [3.8, 4) is 11.5 Å². The summed E-state index contributed by atoms with van der Waals surface area (Å²) in [5.41, 5.74) is 7.63. The molecule has 0 amide bonds. The number of hydrogen-bond donors (Lipinski definition) is 2. The van der Waals surface area contributed by atoms with Gasteiger partial charge in [-0.1, -0.05) is 0 Å². The predicted molar refractivity (Wildman–Crippen MR) is 67.4 cm³/mol. The average molecular weight is 251 g/mol. The third-order valence-electron chi connectivity index (χ3n) is 3.29. The van der Waals surface area contributed by atoms with Crippen molar-refractivity contribution < 1.29 is 14.7 Å². The number of nitrogen functional groups attached to an aromatic ring is 1. The van der Waals surface area contributed by atoms with Gasteiger partial charge in [0.15, 0.2) is 11.5 Å². The van der Waals surface area contributed by atoms with Gasteiger partial charge in [-0.15, -0.1) is 0 Å². The van der Waals surface area contributed by atoms with Gasteiger partial charge in [0.1, 0.15) is 18.9 Å². The lowest BCUT2D eigenvalue weighted by atomic mass is 10.2. The van der Waals surface area contributed by atoms with Crippen LogP contribution in [0.3, 0.4) is 0 Å². The number of hydroxylamine groups is 2. The number of hydrogen-bond acceptors (Lipinski definition) is 6. The van der Waals surface area contributed by atoms with E-state index in [0.29, 0.717) is 32.0 Å². The van der Waals surface area contributed by atoms with Gasteiger partial charge in [0, 0.05) is 26.2 Å². The van der Waals surface area contributed by atoms with E-state index in [2.05, 4.69) is 4.90 Å². The minimum Gasteiger partial charge on any atom is -0.486 e. The summed E-state index contributed by atoms with van der Waals surface area (Å²) in [5, 5.41) is 10.7. The number of piperazine rings is 1. The second kappa shape index (κ2) is 4.55. The molecule has 0 bridgehead atoms. The van der Waals surface area contributed by atoms with Gasteiger partial charge in [-0.05, 0) is 12.1 Å². The number of fused-ring (bicyclic) bond motifs is 1. The van der Waals surface area contributed by atoms with E-state index in [1.807, 2.05) is 12.1 Å². The van der Waals surface area contributed by atoms with Crippen molar-refractivity contribution in [2.24, 2.45) is 0 Å². The van der Waals surface area contributed by atoms with Crippen LogP contribution >= 0.6 is 0 Å². The highest BCUT2D eigenvalue weighted by Gasteiger charge is 2.25. The van der Waals surface area contributed by atoms with E-state index in [4.69, 9.17) is 15.2 Å². The van der Waals surface area contributed by atoms with Gasteiger partial charge < -0.3 is 25.3 Å². The van der Waals surface area contributed by atoms with Crippen molar-refractivity contribution in [2.75, 3.05) is 50.0 Å². The highest BCUT2D eigenvalue weighted by Crippen LogP contribution is 2.43. The van der Waals surface area contributed by atoms with Gasteiger partial charge in [-0.2, -0.15) is 5.06 Å². The molecule has 98 valence electrons. The van der Waals surface area contributed by atoms with Crippen LogP contribution in [0, 0.1) is 0 Å². The molecule has 0 unspecified atom stereocenters. The summed E-state index contributed by atoms with van der Waals surface area (Å²) in [6, 6.07) is 3.68. The molecule has 3 N–H and O–H groups in total. The smallest absolute Gasteiger partial charge is 0.186 e. The molecule has 1 aromatic rings. The second-order valence-electron chi connectivity index (χ2n) is 4.47. The zero-order valence-electron chi connectivity index (χ0n) is 10.1. The van der Waals surface area contributed by atoms with E-state index >= 15 is 0 Å². The largest absolute Gasteiger partial charge is 0.486 e. The van der Waals surface area contributed by atoms with Crippen molar-refractivity contribution in [1.29, 1.82) is 0 Å². The van der Waals surface area contributed by atoms with Crippen LogP contribution in [0.2, 0.25) is 0 Å². The molecule has 6 nitrogen and oxygen atoms in total. The number of nitrogens with two attached hydrogens (primary N) is 1. The fraction of sp³-hybridized carbons (Fsp3) is 0.500.